The molecular formula is C12H11BrN2OS. The summed E-state index contributed by atoms with van der Waals surface area (Å²) < 4.78 is 1.01. The van der Waals surface area contributed by atoms with E-state index in [1.54, 1.807) is 5.51 Å². The minimum atomic E-state index is -0.0404. The minimum absolute atomic E-state index is 0.0404. The monoisotopic (exact) mass is 310 g/mol. The van der Waals surface area contributed by atoms with Crippen LogP contribution < -0.4 is 5.32 Å². The molecule has 1 aromatic carbocycles. The molecule has 0 fully saturated rings. The summed E-state index contributed by atoms with van der Waals surface area (Å²) >= 11 is 4.89. The molecule has 3 nitrogen and oxygen atoms in total. The van der Waals surface area contributed by atoms with Gasteiger partial charge in [-0.1, -0.05) is 15.9 Å². The van der Waals surface area contributed by atoms with Crippen LogP contribution in [0.3, 0.4) is 0 Å². The van der Waals surface area contributed by atoms with Crippen LogP contribution in [0.25, 0.3) is 0 Å². The Kier molecular flexibility index (Phi) is 3.91. The lowest BCUT2D eigenvalue weighted by molar-refractivity contribution is -0.115. The highest BCUT2D eigenvalue weighted by atomic mass is 79.9. The van der Waals surface area contributed by atoms with Crippen molar-refractivity contribution in [2.75, 3.05) is 5.32 Å². The molecule has 1 aromatic heterocycles. The first-order valence-corrected chi connectivity index (χ1v) is 6.82. The summed E-state index contributed by atoms with van der Waals surface area (Å²) in [4.78, 5) is 15.8. The molecule has 17 heavy (non-hydrogen) atoms. The summed E-state index contributed by atoms with van der Waals surface area (Å²) in [6.07, 6.45) is 0.318. The summed E-state index contributed by atoms with van der Waals surface area (Å²) in [5.74, 6) is -0.0404. The Bertz CT molecular complexity index is 525. The number of thiazole rings is 1. The van der Waals surface area contributed by atoms with E-state index >= 15 is 0 Å². The van der Waals surface area contributed by atoms with E-state index in [-0.39, 0.29) is 5.91 Å². The van der Waals surface area contributed by atoms with Gasteiger partial charge in [0.15, 0.2) is 0 Å². The van der Waals surface area contributed by atoms with Gasteiger partial charge in [-0.05, 0) is 30.7 Å². The van der Waals surface area contributed by atoms with E-state index in [9.17, 15) is 4.79 Å². The predicted molar refractivity (Wildman–Crippen MR) is 73.3 cm³/mol. The first-order valence-electron chi connectivity index (χ1n) is 5.08. The van der Waals surface area contributed by atoms with E-state index < -0.39 is 0 Å². The van der Waals surface area contributed by atoms with Crippen molar-refractivity contribution in [1.29, 1.82) is 0 Å². The maximum absolute atomic E-state index is 11.8. The van der Waals surface area contributed by atoms with Gasteiger partial charge in [0.1, 0.15) is 0 Å². The first kappa shape index (κ1) is 12.3. The Hall–Kier alpha value is -1.20. The zero-order chi connectivity index (χ0) is 12.3. The summed E-state index contributed by atoms with van der Waals surface area (Å²) in [6.45, 7) is 1.96. The molecule has 5 heteroatoms. The normalized spacial score (nSPS) is 10.2. The molecule has 0 aliphatic heterocycles. The number of aromatic nitrogens is 1. The van der Waals surface area contributed by atoms with E-state index in [0.29, 0.717) is 6.42 Å². The fourth-order valence-corrected chi connectivity index (χ4v) is 2.48. The number of carbonyl (C=O) groups is 1. The quantitative estimate of drug-likeness (QED) is 0.944. The van der Waals surface area contributed by atoms with Crippen molar-refractivity contribution in [2.24, 2.45) is 0 Å². The van der Waals surface area contributed by atoms with Crippen LogP contribution >= 0.6 is 27.3 Å². The molecule has 1 heterocycles. The van der Waals surface area contributed by atoms with E-state index in [0.717, 1.165) is 21.4 Å². The number of nitrogens with zero attached hydrogens (tertiary/aromatic N) is 1. The van der Waals surface area contributed by atoms with Gasteiger partial charge in [0.05, 0.1) is 17.6 Å². The molecule has 0 atom stereocenters. The molecule has 0 aliphatic rings. The largest absolute Gasteiger partial charge is 0.326 e. The fourth-order valence-electron chi connectivity index (χ4n) is 1.45. The molecule has 0 aliphatic carbocycles. The molecule has 0 spiro atoms. The maximum Gasteiger partial charge on any atom is 0.230 e. The van der Waals surface area contributed by atoms with E-state index in [1.807, 2.05) is 30.5 Å². The zero-order valence-corrected chi connectivity index (χ0v) is 11.6. The van der Waals surface area contributed by atoms with Crippen molar-refractivity contribution in [3.8, 4) is 0 Å². The summed E-state index contributed by atoms with van der Waals surface area (Å²) in [5, 5.41) is 4.76. The lowest BCUT2D eigenvalue weighted by atomic mass is 10.2. The molecule has 2 rings (SSSR count). The third-order valence-electron chi connectivity index (χ3n) is 2.29. The Labute approximate surface area is 112 Å². The predicted octanol–water partition coefficient (Wildman–Crippen LogP) is 3.40. The second-order valence-corrected chi connectivity index (χ2v) is 5.30. The second kappa shape index (κ2) is 5.42. The van der Waals surface area contributed by atoms with Gasteiger partial charge < -0.3 is 5.32 Å². The van der Waals surface area contributed by atoms with Crippen molar-refractivity contribution in [1.82, 2.24) is 4.98 Å². The number of anilines is 1. The Morgan fingerprint density at radius 1 is 1.53 bits per heavy atom. The molecule has 0 unspecified atom stereocenters. The van der Waals surface area contributed by atoms with Crippen LogP contribution in [-0.4, -0.2) is 10.9 Å². The molecule has 2 aromatic rings. The van der Waals surface area contributed by atoms with Crippen LogP contribution in [-0.2, 0) is 11.2 Å². The van der Waals surface area contributed by atoms with Crippen LogP contribution in [0.2, 0.25) is 0 Å². The first-order chi connectivity index (χ1) is 8.15. The third kappa shape index (κ3) is 3.38. The second-order valence-electron chi connectivity index (χ2n) is 3.66. The molecule has 0 saturated carbocycles. The van der Waals surface area contributed by atoms with Crippen molar-refractivity contribution in [3.63, 3.8) is 0 Å². The fraction of sp³-hybridized carbons (Fsp3) is 0.167. The molecule has 0 bridgehead atoms. The molecule has 1 amide bonds. The summed E-state index contributed by atoms with van der Waals surface area (Å²) in [7, 11) is 0. The highest BCUT2D eigenvalue weighted by Crippen LogP contribution is 2.20. The highest BCUT2D eigenvalue weighted by Gasteiger charge is 2.07. The number of aryl methyl sites for hydroxylation is 1. The van der Waals surface area contributed by atoms with E-state index in [2.05, 4.69) is 26.2 Å². The van der Waals surface area contributed by atoms with Crippen LogP contribution in [0.4, 0.5) is 5.69 Å². The number of amides is 1. The van der Waals surface area contributed by atoms with Gasteiger partial charge in [-0.2, -0.15) is 0 Å². The third-order valence-corrected chi connectivity index (χ3v) is 3.42. The van der Waals surface area contributed by atoms with Crippen molar-refractivity contribution in [3.05, 3.63) is 44.8 Å². The lowest BCUT2D eigenvalue weighted by Gasteiger charge is -2.07. The zero-order valence-electron chi connectivity index (χ0n) is 9.24. The molecular weight excluding hydrogens is 300 g/mol. The van der Waals surface area contributed by atoms with Gasteiger partial charge in [-0.15, -0.1) is 11.3 Å². The Morgan fingerprint density at radius 3 is 3.00 bits per heavy atom. The topological polar surface area (TPSA) is 42.0 Å². The van der Waals surface area contributed by atoms with Crippen molar-refractivity contribution in [2.45, 2.75) is 13.3 Å². The number of hydrogen-bond donors (Lipinski definition) is 1. The van der Waals surface area contributed by atoms with Gasteiger partial charge in [-0.25, -0.2) is 4.98 Å². The van der Waals surface area contributed by atoms with E-state index in [1.165, 1.54) is 11.3 Å². The number of nitrogens with one attached hydrogen (secondary N) is 1. The van der Waals surface area contributed by atoms with Crippen LogP contribution in [0.5, 0.6) is 0 Å². The van der Waals surface area contributed by atoms with Gasteiger partial charge in [0.25, 0.3) is 0 Å². The van der Waals surface area contributed by atoms with Crippen LogP contribution in [0, 0.1) is 6.92 Å². The number of halogens is 1. The van der Waals surface area contributed by atoms with Crippen LogP contribution in [0.15, 0.2) is 33.6 Å². The average molecular weight is 311 g/mol. The average Bonchev–Trinajstić information content (AvgIpc) is 2.75. The van der Waals surface area contributed by atoms with Gasteiger partial charge in [0.2, 0.25) is 5.91 Å². The summed E-state index contributed by atoms with van der Waals surface area (Å²) in [5.41, 5.74) is 4.41. The minimum Gasteiger partial charge on any atom is -0.326 e. The molecule has 88 valence electrons. The lowest BCUT2D eigenvalue weighted by Crippen LogP contribution is -2.15. The standard InChI is InChI=1S/C12H11BrN2OS/c1-8-4-9(13)2-3-11(8)15-12(16)5-10-6-17-7-14-10/h2-4,6-7H,5H2,1H3,(H,15,16). The van der Waals surface area contributed by atoms with E-state index in [4.69, 9.17) is 0 Å². The Balaban J connectivity index is 2.03. The van der Waals surface area contributed by atoms with Gasteiger partial charge >= 0.3 is 0 Å². The maximum atomic E-state index is 11.8. The van der Waals surface area contributed by atoms with Gasteiger partial charge in [-0.3, -0.25) is 4.79 Å². The molecule has 0 saturated heterocycles. The number of carbonyl (C=O) groups excluding carboxylic acids is 1. The molecule has 1 N–H and O–H groups in total. The number of rotatable bonds is 3. The molecule has 0 radical (unpaired) electrons. The van der Waals surface area contributed by atoms with Crippen molar-refractivity contribution >= 4 is 38.9 Å². The SMILES string of the molecule is Cc1cc(Br)ccc1NC(=O)Cc1cscn1. The van der Waals surface area contributed by atoms with Crippen LogP contribution in [0.1, 0.15) is 11.3 Å². The number of hydrogen-bond acceptors (Lipinski definition) is 3. The number of benzene rings is 1. The smallest absolute Gasteiger partial charge is 0.230 e. The van der Waals surface area contributed by atoms with Gasteiger partial charge in [0, 0.05) is 15.5 Å². The highest BCUT2D eigenvalue weighted by molar-refractivity contribution is 9.10. The van der Waals surface area contributed by atoms with Crippen molar-refractivity contribution < 1.29 is 4.79 Å². The summed E-state index contributed by atoms with van der Waals surface area (Å²) in [6, 6.07) is 5.77. The Morgan fingerprint density at radius 2 is 2.35 bits per heavy atom.